The second kappa shape index (κ2) is 9.44. The van der Waals surface area contributed by atoms with Crippen molar-refractivity contribution in [2.24, 2.45) is 10.9 Å². The summed E-state index contributed by atoms with van der Waals surface area (Å²) in [4.78, 5) is 29.2. The van der Waals surface area contributed by atoms with Crippen molar-refractivity contribution < 1.29 is 14.3 Å². The second-order valence-electron chi connectivity index (χ2n) is 7.29. The molecule has 1 aliphatic heterocycles. The zero-order chi connectivity index (χ0) is 17.7. The van der Waals surface area contributed by atoms with Crippen LogP contribution in [0.2, 0.25) is 0 Å². The van der Waals surface area contributed by atoms with Gasteiger partial charge in [0.25, 0.3) is 0 Å². The van der Waals surface area contributed by atoms with Gasteiger partial charge in [-0.25, -0.2) is 4.79 Å². The first-order valence-electron chi connectivity index (χ1n) is 8.51. The highest BCUT2D eigenvalue weighted by Gasteiger charge is 2.34. The summed E-state index contributed by atoms with van der Waals surface area (Å²) in [5.74, 6) is 1.05. The van der Waals surface area contributed by atoms with E-state index in [0.29, 0.717) is 32.1 Å². The van der Waals surface area contributed by atoms with Crippen LogP contribution in [0.15, 0.2) is 4.99 Å². The minimum Gasteiger partial charge on any atom is -0.444 e. The van der Waals surface area contributed by atoms with Gasteiger partial charge in [-0.05, 0) is 33.6 Å². The van der Waals surface area contributed by atoms with Crippen molar-refractivity contribution in [1.82, 2.24) is 20.9 Å². The Morgan fingerprint density at radius 1 is 1.16 bits per heavy atom. The molecule has 0 aromatic heterocycles. The number of nitrogens with zero attached hydrogens (tertiary/aromatic N) is 2. The molecule has 3 N–H and O–H groups in total. The number of carbonyl (C=O) groups excluding carboxylic acids is 2. The number of ether oxygens (including phenoxy) is 1. The fraction of sp³-hybridized carbons (Fsp3) is 0.812. The fourth-order valence-electron chi connectivity index (χ4n) is 2.29. The van der Waals surface area contributed by atoms with Crippen molar-refractivity contribution in [3.63, 3.8) is 0 Å². The number of hydrogen-bond donors (Lipinski definition) is 3. The summed E-state index contributed by atoms with van der Waals surface area (Å²) in [5.41, 5.74) is -0.474. The minimum absolute atomic E-state index is 0. The number of guanidine groups is 1. The topological polar surface area (TPSA) is 95.1 Å². The number of halogens is 1. The first-order valence-corrected chi connectivity index (χ1v) is 8.51. The quantitative estimate of drug-likeness (QED) is 0.242. The third-order valence-corrected chi connectivity index (χ3v) is 3.76. The van der Waals surface area contributed by atoms with Gasteiger partial charge in [-0.2, -0.15) is 0 Å². The fourth-order valence-corrected chi connectivity index (χ4v) is 2.29. The van der Waals surface area contributed by atoms with E-state index in [4.69, 9.17) is 4.74 Å². The minimum atomic E-state index is -0.474. The largest absolute Gasteiger partial charge is 0.444 e. The van der Waals surface area contributed by atoms with Crippen LogP contribution < -0.4 is 16.0 Å². The number of aliphatic imine (C=N–C) groups is 1. The predicted molar refractivity (Wildman–Crippen MR) is 107 cm³/mol. The molecule has 25 heavy (non-hydrogen) atoms. The van der Waals surface area contributed by atoms with Gasteiger partial charge in [-0.15, -0.1) is 24.0 Å². The van der Waals surface area contributed by atoms with Crippen LogP contribution in [0.4, 0.5) is 4.79 Å². The molecular formula is C16H30IN5O3. The molecule has 2 rings (SSSR count). The van der Waals surface area contributed by atoms with Crippen LogP contribution in [-0.2, 0) is 9.53 Å². The molecule has 8 nitrogen and oxygen atoms in total. The van der Waals surface area contributed by atoms with Crippen molar-refractivity contribution in [3.05, 3.63) is 0 Å². The SMILES string of the molecule is CN=C(NCCNC(=O)C1CC1)NC1CN(C(=O)OC(C)(C)C)C1.I. The first kappa shape index (κ1) is 21.8. The summed E-state index contributed by atoms with van der Waals surface area (Å²) in [6, 6.07) is 0.157. The maximum Gasteiger partial charge on any atom is 0.410 e. The third kappa shape index (κ3) is 7.66. The first-order chi connectivity index (χ1) is 11.3. The highest BCUT2D eigenvalue weighted by molar-refractivity contribution is 14.0. The third-order valence-electron chi connectivity index (χ3n) is 3.76. The van der Waals surface area contributed by atoms with E-state index in [-0.39, 0.29) is 47.9 Å². The molecule has 0 atom stereocenters. The predicted octanol–water partition coefficient (Wildman–Crippen LogP) is 0.915. The van der Waals surface area contributed by atoms with E-state index in [9.17, 15) is 9.59 Å². The number of carbonyl (C=O) groups is 2. The van der Waals surface area contributed by atoms with E-state index < -0.39 is 5.60 Å². The van der Waals surface area contributed by atoms with Crippen molar-refractivity contribution in [2.45, 2.75) is 45.3 Å². The molecule has 1 aliphatic carbocycles. The summed E-state index contributed by atoms with van der Waals surface area (Å²) in [7, 11) is 1.70. The van der Waals surface area contributed by atoms with Crippen molar-refractivity contribution >= 4 is 41.9 Å². The second-order valence-corrected chi connectivity index (χ2v) is 7.29. The number of amides is 2. The summed E-state index contributed by atoms with van der Waals surface area (Å²) in [6.45, 7) is 7.93. The van der Waals surface area contributed by atoms with Crippen LogP contribution in [0.25, 0.3) is 0 Å². The summed E-state index contributed by atoms with van der Waals surface area (Å²) in [5, 5.41) is 9.30. The maximum atomic E-state index is 11.9. The monoisotopic (exact) mass is 467 g/mol. The number of nitrogens with one attached hydrogen (secondary N) is 3. The lowest BCUT2D eigenvalue weighted by Gasteiger charge is -2.40. The molecule has 1 saturated carbocycles. The Bertz CT molecular complexity index is 496. The maximum absolute atomic E-state index is 11.9. The Kier molecular flexibility index (Phi) is 8.23. The Labute approximate surface area is 166 Å². The molecule has 2 fully saturated rings. The lowest BCUT2D eigenvalue weighted by Crippen LogP contribution is -2.63. The van der Waals surface area contributed by atoms with E-state index in [0.717, 1.165) is 12.8 Å². The van der Waals surface area contributed by atoms with Gasteiger partial charge in [-0.3, -0.25) is 9.79 Å². The molecule has 1 saturated heterocycles. The normalized spacial score (nSPS) is 17.9. The molecule has 0 unspecified atom stereocenters. The molecule has 0 aromatic carbocycles. The molecular weight excluding hydrogens is 437 g/mol. The van der Waals surface area contributed by atoms with Crippen molar-refractivity contribution in [2.75, 3.05) is 33.2 Å². The average Bonchev–Trinajstić information content (AvgIpc) is 3.26. The Morgan fingerprint density at radius 2 is 1.76 bits per heavy atom. The molecule has 0 radical (unpaired) electrons. The van der Waals surface area contributed by atoms with Gasteiger partial charge in [0.05, 0.1) is 6.04 Å². The zero-order valence-electron chi connectivity index (χ0n) is 15.4. The lowest BCUT2D eigenvalue weighted by atomic mass is 10.1. The van der Waals surface area contributed by atoms with Gasteiger partial charge in [0.1, 0.15) is 5.60 Å². The molecule has 2 amide bonds. The van der Waals surface area contributed by atoms with E-state index >= 15 is 0 Å². The highest BCUT2D eigenvalue weighted by Crippen LogP contribution is 2.28. The van der Waals surface area contributed by atoms with Gasteiger partial charge in [0.2, 0.25) is 5.91 Å². The molecule has 9 heteroatoms. The number of likely N-dealkylation sites (tertiary alicyclic amines) is 1. The highest BCUT2D eigenvalue weighted by atomic mass is 127. The molecule has 1 heterocycles. The average molecular weight is 467 g/mol. The van der Waals surface area contributed by atoms with E-state index in [1.165, 1.54) is 0 Å². The van der Waals surface area contributed by atoms with E-state index in [1.807, 2.05) is 20.8 Å². The smallest absolute Gasteiger partial charge is 0.410 e. The Morgan fingerprint density at radius 3 is 2.28 bits per heavy atom. The van der Waals surface area contributed by atoms with Gasteiger partial charge >= 0.3 is 6.09 Å². The van der Waals surface area contributed by atoms with Gasteiger partial charge in [-0.1, -0.05) is 0 Å². The van der Waals surface area contributed by atoms with Crippen LogP contribution >= 0.6 is 24.0 Å². The summed E-state index contributed by atoms with van der Waals surface area (Å²) >= 11 is 0. The van der Waals surface area contributed by atoms with Crippen molar-refractivity contribution in [3.8, 4) is 0 Å². The van der Waals surface area contributed by atoms with Crippen LogP contribution in [0, 0.1) is 5.92 Å². The standard InChI is InChI=1S/C16H29N5O3.HI/c1-16(2,3)24-15(23)21-9-12(10-21)20-14(17-4)19-8-7-18-13(22)11-5-6-11;/h11-12H,5-10H2,1-4H3,(H,18,22)(H2,17,19,20);1H. The molecule has 144 valence electrons. The van der Waals surface area contributed by atoms with Crippen LogP contribution in [0.1, 0.15) is 33.6 Å². The number of hydrogen-bond acceptors (Lipinski definition) is 4. The lowest BCUT2D eigenvalue weighted by molar-refractivity contribution is -0.122. The molecule has 0 bridgehead atoms. The summed E-state index contributed by atoms with van der Waals surface area (Å²) < 4.78 is 5.32. The Balaban J connectivity index is 0.00000312. The van der Waals surface area contributed by atoms with Crippen LogP contribution in [0.3, 0.4) is 0 Å². The van der Waals surface area contributed by atoms with Gasteiger partial charge in [0, 0.05) is 39.1 Å². The molecule has 2 aliphatic rings. The Hall–Kier alpha value is -1.26. The molecule has 0 spiro atoms. The summed E-state index contributed by atoms with van der Waals surface area (Å²) in [6.07, 6.45) is 1.74. The van der Waals surface area contributed by atoms with Gasteiger partial charge in [0.15, 0.2) is 5.96 Å². The zero-order valence-corrected chi connectivity index (χ0v) is 17.8. The van der Waals surface area contributed by atoms with Crippen LogP contribution in [0.5, 0.6) is 0 Å². The number of rotatable bonds is 5. The van der Waals surface area contributed by atoms with E-state index in [2.05, 4.69) is 20.9 Å². The van der Waals surface area contributed by atoms with Gasteiger partial charge < -0.3 is 25.6 Å². The van der Waals surface area contributed by atoms with E-state index in [1.54, 1.807) is 11.9 Å². The van der Waals surface area contributed by atoms with Crippen LogP contribution in [-0.4, -0.2) is 67.7 Å². The molecule has 0 aromatic rings. The van der Waals surface area contributed by atoms with Crippen molar-refractivity contribution in [1.29, 1.82) is 0 Å².